The van der Waals surface area contributed by atoms with Gasteiger partial charge < -0.3 is 10.8 Å². The molecule has 1 saturated heterocycles. The van der Waals surface area contributed by atoms with Crippen LogP contribution in [0.2, 0.25) is 0 Å². The molecule has 0 bridgehead atoms. The lowest BCUT2D eigenvalue weighted by atomic mass is 9.92. The van der Waals surface area contributed by atoms with Crippen LogP contribution in [0.4, 0.5) is 0 Å². The molecule has 0 radical (unpaired) electrons. The molecule has 1 aliphatic rings. The SMILES string of the molecule is CCC(c1cc(Br)ccc1O)N1CC(C)CC(N)C1. The molecule has 3 unspecified atom stereocenters. The third-order valence-electron chi connectivity index (χ3n) is 3.90. The van der Waals surface area contributed by atoms with E-state index in [0.29, 0.717) is 11.7 Å². The first-order chi connectivity index (χ1) is 9.01. The fourth-order valence-corrected chi connectivity index (χ4v) is 3.54. The van der Waals surface area contributed by atoms with Crippen LogP contribution in [0.5, 0.6) is 5.75 Å². The zero-order valence-corrected chi connectivity index (χ0v) is 13.2. The van der Waals surface area contributed by atoms with Gasteiger partial charge in [-0.05, 0) is 37.0 Å². The van der Waals surface area contributed by atoms with Gasteiger partial charge in [-0.25, -0.2) is 0 Å². The van der Waals surface area contributed by atoms with E-state index in [1.54, 1.807) is 6.07 Å². The molecule has 3 nitrogen and oxygen atoms in total. The highest BCUT2D eigenvalue weighted by atomic mass is 79.9. The summed E-state index contributed by atoms with van der Waals surface area (Å²) in [5.74, 6) is 0.994. The summed E-state index contributed by atoms with van der Waals surface area (Å²) in [6, 6.07) is 6.14. The summed E-state index contributed by atoms with van der Waals surface area (Å²) < 4.78 is 1.01. The fraction of sp³-hybridized carbons (Fsp3) is 0.600. The number of hydrogen-bond donors (Lipinski definition) is 2. The number of likely N-dealkylation sites (tertiary alicyclic amines) is 1. The molecule has 1 heterocycles. The number of phenols is 1. The van der Waals surface area contributed by atoms with Crippen LogP contribution in [-0.2, 0) is 0 Å². The summed E-state index contributed by atoms with van der Waals surface area (Å²) >= 11 is 3.49. The zero-order chi connectivity index (χ0) is 14.0. The van der Waals surface area contributed by atoms with E-state index >= 15 is 0 Å². The molecular formula is C15H23BrN2O. The van der Waals surface area contributed by atoms with Crippen LogP contribution in [0, 0.1) is 5.92 Å². The molecule has 1 aliphatic heterocycles. The minimum atomic E-state index is 0.242. The molecule has 0 saturated carbocycles. The van der Waals surface area contributed by atoms with E-state index < -0.39 is 0 Å². The van der Waals surface area contributed by atoms with Crippen molar-refractivity contribution in [2.24, 2.45) is 11.7 Å². The van der Waals surface area contributed by atoms with Crippen molar-refractivity contribution in [3.63, 3.8) is 0 Å². The van der Waals surface area contributed by atoms with E-state index in [-0.39, 0.29) is 12.1 Å². The predicted molar refractivity (Wildman–Crippen MR) is 82.2 cm³/mol. The molecule has 0 aliphatic carbocycles. The third kappa shape index (κ3) is 3.50. The number of aromatic hydroxyl groups is 1. The van der Waals surface area contributed by atoms with Crippen molar-refractivity contribution in [1.29, 1.82) is 0 Å². The lowest BCUT2D eigenvalue weighted by molar-refractivity contribution is 0.111. The Balaban J connectivity index is 2.26. The summed E-state index contributed by atoms with van der Waals surface area (Å²) in [4.78, 5) is 2.42. The van der Waals surface area contributed by atoms with E-state index in [4.69, 9.17) is 5.73 Å². The van der Waals surface area contributed by atoms with Crippen LogP contribution in [0.25, 0.3) is 0 Å². The molecule has 106 valence electrons. The lowest BCUT2D eigenvalue weighted by Crippen LogP contribution is -2.47. The van der Waals surface area contributed by atoms with Gasteiger partial charge in [-0.3, -0.25) is 4.90 Å². The predicted octanol–water partition coefficient (Wildman–Crippen LogP) is 3.27. The van der Waals surface area contributed by atoms with E-state index in [1.807, 2.05) is 12.1 Å². The molecule has 3 N–H and O–H groups in total. The number of rotatable bonds is 3. The number of benzene rings is 1. The van der Waals surface area contributed by atoms with Gasteiger partial charge in [-0.2, -0.15) is 0 Å². The van der Waals surface area contributed by atoms with Gasteiger partial charge in [0.1, 0.15) is 5.75 Å². The number of piperidine rings is 1. The summed E-state index contributed by atoms with van der Waals surface area (Å²) in [5, 5.41) is 10.1. The standard InChI is InChI=1S/C15H23BrN2O/c1-3-14(13-7-11(16)4-5-15(13)19)18-8-10(2)6-12(17)9-18/h4-5,7,10,12,14,19H,3,6,8-9,17H2,1-2H3. The van der Waals surface area contributed by atoms with Crippen molar-refractivity contribution in [3.05, 3.63) is 28.2 Å². The van der Waals surface area contributed by atoms with Crippen LogP contribution < -0.4 is 5.73 Å². The van der Waals surface area contributed by atoms with E-state index in [1.165, 1.54) is 0 Å². The van der Waals surface area contributed by atoms with Gasteiger partial charge in [0.05, 0.1) is 0 Å². The summed E-state index contributed by atoms with van der Waals surface area (Å²) in [7, 11) is 0. The topological polar surface area (TPSA) is 49.5 Å². The van der Waals surface area contributed by atoms with Crippen molar-refractivity contribution in [1.82, 2.24) is 4.90 Å². The molecular weight excluding hydrogens is 304 g/mol. The largest absolute Gasteiger partial charge is 0.508 e. The second kappa shape index (κ2) is 6.25. The minimum absolute atomic E-state index is 0.242. The third-order valence-corrected chi connectivity index (χ3v) is 4.39. The van der Waals surface area contributed by atoms with Gasteiger partial charge in [0, 0.05) is 35.2 Å². The van der Waals surface area contributed by atoms with E-state index in [0.717, 1.165) is 36.0 Å². The first-order valence-electron chi connectivity index (χ1n) is 6.99. The second-order valence-electron chi connectivity index (χ2n) is 5.68. The van der Waals surface area contributed by atoms with Gasteiger partial charge in [0.15, 0.2) is 0 Å². The molecule has 1 aromatic rings. The number of halogens is 1. The molecule has 4 heteroatoms. The average Bonchev–Trinajstić information content (AvgIpc) is 2.33. The molecule has 0 amide bonds. The van der Waals surface area contributed by atoms with Crippen LogP contribution in [0.3, 0.4) is 0 Å². The van der Waals surface area contributed by atoms with Gasteiger partial charge in [-0.1, -0.05) is 29.8 Å². The number of phenolic OH excluding ortho intramolecular Hbond substituents is 1. The molecule has 1 aromatic carbocycles. The maximum absolute atomic E-state index is 10.1. The molecule has 2 rings (SSSR count). The molecule has 0 spiro atoms. The summed E-state index contributed by atoms with van der Waals surface area (Å²) in [5.41, 5.74) is 7.14. The average molecular weight is 327 g/mol. The number of nitrogens with zero attached hydrogens (tertiary/aromatic N) is 1. The van der Waals surface area contributed by atoms with E-state index in [2.05, 4.69) is 34.7 Å². The summed E-state index contributed by atoms with van der Waals surface area (Å²) in [6.45, 7) is 6.38. The van der Waals surface area contributed by atoms with Gasteiger partial charge in [-0.15, -0.1) is 0 Å². The number of hydrogen-bond acceptors (Lipinski definition) is 3. The molecule has 1 fully saturated rings. The normalized spacial score (nSPS) is 26.3. The molecule has 0 aromatic heterocycles. The second-order valence-corrected chi connectivity index (χ2v) is 6.60. The Labute approximate surface area is 123 Å². The minimum Gasteiger partial charge on any atom is -0.508 e. The molecule has 3 atom stereocenters. The highest BCUT2D eigenvalue weighted by Crippen LogP contribution is 2.35. The van der Waals surface area contributed by atoms with Crippen LogP contribution >= 0.6 is 15.9 Å². The Morgan fingerprint density at radius 2 is 2.21 bits per heavy atom. The Kier molecular flexibility index (Phi) is 4.87. The van der Waals surface area contributed by atoms with Crippen molar-refractivity contribution in [2.45, 2.75) is 38.8 Å². The monoisotopic (exact) mass is 326 g/mol. The first-order valence-corrected chi connectivity index (χ1v) is 7.78. The zero-order valence-electron chi connectivity index (χ0n) is 11.6. The fourth-order valence-electron chi connectivity index (χ4n) is 3.16. The Morgan fingerprint density at radius 1 is 1.47 bits per heavy atom. The van der Waals surface area contributed by atoms with Gasteiger partial charge >= 0.3 is 0 Å². The number of nitrogens with two attached hydrogens (primary N) is 1. The van der Waals surface area contributed by atoms with Crippen molar-refractivity contribution in [3.8, 4) is 5.75 Å². The van der Waals surface area contributed by atoms with Crippen LogP contribution in [-0.4, -0.2) is 29.1 Å². The molecule has 19 heavy (non-hydrogen) atoms. The van der Waals surface area contributed by atoms with E-state index in [9.17, 15) is 5.11 Å². The van der Waals surface area contributed by atoms with Gasteiger partial charge in [0.25, 0.3) is 0 Å². The van der Waals surface area contributed by atoms with Crippen molar-refractivity contribution in [2.75, 3.05) is 13.1 Å². The smallest absolute Gasteiger partial charge is 0.120 e. The van der Waals surface area contributed by atoms with Gasteiger partial charge in [0.2, 0.25) is 0 Å². The van der Waals surface area contributed by atoms with Crippen molar-refractivity contribution >= 4 is 15.9 Å². The van der Waals surface area contributed by atoms with Crippen LogP contribution in [0.15, 0.2) is 22.7 Å². The first kappa shape index (κ1) is 14.8. The Hall–Kier alpha value is -0.580. The Bertz CT molecular complexity index is 428. The quantitative estimate of drug-likeness (QED) is 0.896. The highest BCUT2D eigenvalue weighted by Gasteiger charge is 2.29. The highest BCUT2D eigenvalue weighted by molar-refractivity contribution is 9.10. The summed E-state index contributed by atoms with van der Waals surface area (Å²) in [6.07, 6.45) is 2.07. The lowest BCUT2D eigenvalue weighted by Gasteiger charge is -2.40. The Morgan fingerprint density at radius 3 is 2.84 bits per heavy atom. The van der Waals surface area contributed by atoms with Crippen molar-refractivity contribution < 1.29 is 5.11 Å². The van der Waals surface area contributed by atoms with Crippen LogP contribution in [0.1, 0.15) is 38.3 Å². The maximum atomic E-state index is 10.1. The maximum Gasteiger partial charge on any atom is 0.120 e.